The summed E-state index contributed by atoms with van der Waals surface area (Å²) >= 11 is 3.56. The molecular weight excluding hydrogens is 264 g/mol. The summed E-state index contributed by atoms with van der Waals surface area (Å²) in [5.74, 6) is 0. The van der Waals surface area contributed by atoms with Crippen molar-refractivity contribution in [2.24, 2.45) is 0 Å². The number of nitrogens with zero attached hydrogens (tertiary/aromatic N) is 2. The van der Waals surface area contributed by atoms with Crippen LogP contribution in [0.25, 0.3) is 6.20 Å². The summed E-state index contributed by atoms with van der Waals surface area (Å²) in [7, 11) is 0. The van der Waals surface area contributed by atoms with Crippen molar-refractivity contribution in [3.8, 4) is 0 Å². The molecule has 0 unspecified atom stereocenters. The molecule has 90 valence electrons. The van der Waals surface area contributed by atoms with Crippen molar-refractivity contribution in [3.63, 3.8) is 0 Å². The molecule has 0 fully saturated rings. The lowest BCUT2D eigenvalue weighted by atomic mass is 10.1. The highest BCUT2D eigenvalue weighted by Crippen LogP contribution is 2.07. The molecule has 0 atom stereocenters. The van der Waals surface area contributed by atoms with Crippen LogP contribution in [0.1, 0.15) is 45.4 Å². The van der Waals surface area contributed by atoms with Gasteiger partial charge in [-0.1, -0.05) is 39.2 Å². The Morgan fingerprint density at radius 1 is 1.31 bits per heavy atom. The first-order chi connectivity index (χ1) is 7.79. The summed E-state index contributed by atoms with van der Waals surface area (Å²) in [5.41, 5.74) is 0. The number of unbranched alkanes of at least 4 members (excludes halogenated alkanes) is 5. The number of rotatable bonds is 8. The Kier molecular flexibility index (Phi) is 6.46. The lowest BCUT2D eigenvalue weighted by molar-refractivity contribution is -0.707. The van der Waals surface area contributed by atoms with Crippen LogP contribution < -0.4 is 4.57 Å². The Morgan fingerprint density at radius 2 is 2.00 bits per heavy atom. The zero-order chi connectivity index (χ0) is 11.8. The second-order valence-corrected chi connectivity index (χ2v) is 4.83. The van der Waals surface area contributed by atoms with E-state index in [9.17, 15) is 0 Å². The summed E-state index contributed by atoms with van der Waals surface area (Å²) in [6, 6.07) is 0. The maximum atomic E-state index is 3.75. The highest BCUT2D eigenvalue weighted by atomic mass is 79.9. The molecule has 0 aliphatic rings. The largest absolute Gasteiger partial charge is 0.329 e. The van der Waals surface area contributed by atoms with Crippen LogP contribution in [-0.2, 0) is 6.54 Å². The number of aryl methyl sites for hydroxylation is 1. The smallest absolute Gasteiger partial charge is 0.224 e. The van der Waals surface area contributed by atoms with Crippen molar-refractivity contribution in [2.75, 3.05) is 0 Å². The van der Waals surface area contributed by atoms with Gasteiger partial charge in [0.15, 0.2) is 0 Å². The summed E-state index contributed by atoms with van der Waals surface area (Å²) < 4.78 is 5.29. The second kappa shape index (κ2) is 7.66. The molecule has 0 aliphatic carbocycles. The molecule has 16 heavy (non-hydrogen) atoms. The molecule has 0 radical (unpaired) electrons. The fraction of sp³-hybridized carbons (Fsp3) is 0.615. The average molecular weight is 286 g/mol. The Balaban J connectivity index is 2.21. The van der Waals surface area contributed by atoms with E-state index in [4.69, 9.17) is 0 Å². The van der Waals surface area contributed by atoms with E-state index in [0.717, 1.165) is 11.3 Å². The lowest BCUT2D eigenvalue weighted by Gasteiger charge is -1.99. The van der Waals surface area contributed by atoms with E-state index in [0.29, 0.717) is 0 Å². The topological polar surface area (TPSA) is 8.81 Å². The molecule has 0 aliphatic heterocycles. The molecule has 2 nitrogen and oxygen atoms in total. The third-order valence-corrected chi connectivity index (χ3v) is 3.67. The van der Waals surface area contributed by atoms with Crippen LogP contribution in [0.3, 0.4) is 0 Å². The van der Waals surface area contributed by atoms with Gasteiger partial charge in [-0.15, -0.1) is 0 Å². The Bertz CT molecular complexity index is 318. The molecule has 0 spiro atoms. The fourth-order valence-corrected chi connectivity index (χ4v) is 2.35. The van der Waals surface area contributed by atoms with Crippen molar-refractivity contribution < 1.29 is 4.57 Å². The van der Waals surface area contributed by atoms with Gasteiger partial charge < -0.3 is 0 Å². The maximum Gasteiger partial charge on any atom is 0.329 e. The predicted molar refractivity (Wildman–Crippen MR) is 72.1 cm³/mol. The monoisotopic (exact) mass is 285 g/mol. The van der Waals surface area contributed by atoms with E-state index >= 15 is 0 Å². The molecule has 0 aromatic carbocycles. The summed E-state index contributed by atoms with van der Waals surface area (Å²) in [6.45, 7) is 7.10. The van der Waals surface area contributed by atoms with Crippen LogP contribution >= 0.6 is 15.9 Å². The predicted octanol–water partition coefficient (Wildman–Crippen LogP) is 4.00. The van der Waals surface area contributed by atoms with Crippen LogP contribution in [0, 0.1) is 0 Å². The molecule has 0 bridgehead atoms. The van der Waals surface area contributed by atoms with Crippen LogP contribution in [0.2, 0.25) is 0 Å². The highest BCUT2D eigenvalue weighted by Gasteiger charge is 2.10. The highest BCUT2D eigenvalue weighted by molar-refractivity contribution is 9.10. The minimum atomic E-state index is 1.08. The summed E-state index contributed by atoms with van der Waals surface area (Å²) in [4.78, 5) is 0. The first kappa shape index (κ1) is 13.5. The lowest BCUT2D eigenvalue weighted by Crippen LogP contribution is -2.33. The van der Waals surface area contributed by atoms with Crippen molar-refractivity contribution in [1.82, 2.24) is 4.57 Å². The van der Waals surface area contributed by atoms with Gasteiger partial charge in [0.05, 0.1) is 12.7 Å². The Hall–Kier alpha value is -0.570. The van der Waals surface area contributed by atoms with Gasteiger partial charge in [0, 0.05) is 15.9 Å². The van der Waals surface area contributed by atoms with E-state index in [-0.39, 0.29) is 0 Å². The van der Waals surface area contributed by atoms with E-state index in [1.165, 1.54) is 38.5 Å². The minimum Gasteiger partial charge on any atom is -0.224 e. The van der Waals surface area contributed by atoms with Crippen molar-refractivity contribution in [1.29, 1.82) is 0 Å². The van der Waals surface area contributed by atoms with E-state index in [1.54, 1.807) is 0 Å². The Labute approximate surface area is 107 Å². The van der Waals surface area contributed by atoms with Crippen LogP contribution in [0.4, 0.5) is 0 Å². The number of hydrogen-bond acceptors (Lipinski definition) is 0. The van der Waals surface area contributed by atoms with Gasteiger partial charge >= 0.3 is 4.73 Å². The summed E-state index contributed by atoms with van der Waals surface area (Å²) in [5, 5.41) is 0. The fourth-order valence-electron chi connectivity index (χ4n) is 1.79. The van der Waals surface area contributed by atoms with Gasteiger partial charge in [0.25, 0.3) is 0 Å². The summed E-state index contributed by atoms with van der Waals surface area (Å²) in [6.07, 6.45) is 14.0. The Morgan fingerprint density at radius 3 is 2.62 bits per heavy atom. The minimum absolute atomic E-state index is 1.08. The quantitative estimate of drug-likeness (QED) is 0.504. The van der Waals surface area contributed by atoms with Crippen molar-refractivity contribution >= 4 is 22.1 Å². The molecule has 1 heterocycles. The van der Waals surface area contributed by atoms with Gasteiger partial charge in [-0.05, 0) is 12.8 Å². The van der Waals surface area contributed by atoms with Crippen molar-refractivity contribution in [3.05, 3.63) is 23.7 Å². The first-order valence-corrected chi connectivity index (χ1v) is 6.97. The van der Waals surface area contributed by atoms with Gasteiger partial charge in [-0.2, -0.15) is 4.57 Å². The average Bonchev–Trinajstić information content (AvgIpc) is 2.65. The third kappa shape index (κ3) is 4.12. The zero-order valence-corrected chi connectivity index (χ0v) is 11.7. The number of aromatic nitrogens is 2. The number of hydrogen-bond donors (Lipinski definition) is 0. The molecule has 0 amide bonds. The van der Waals surface area contributed by atoms with Crippen LogP contribution in [0.15, 0.2) is 23.7 Å². The van der Waals surface area contributed by atoms with E-state index < -0.39 is 0 Å². The molecule has 3 heteroatoms. The number of halogens is 1. The first-order valence-electron chi connectivity index (χ1n) is 6.18. The van der Waals surface area contributed by atoms with Crippen LogP contribution in [-0.4, -0.2) is 4.57 Å². The molecule has 0 saturated heterocycles. The van der Waals surface area contributed by atoms with Gasteiger partial charge in [-0.3, -0.25) is 0 Å². The molecule has 0 saturated carbocycles. The van der Waals surface area contributed by atoms with Gasteiger partial charge in [0.2, 0.25) is 0 Å². The van der Waals surface area contributed by atoms with E-state index in [1.807, 2.05) is 17.0 Å². The zero-order valence-electron chi connectivity index (χ0n) is 10.2. The van der Waals surface area contributed by atoms with Crippen molar-refractivity contribution in [2.45, 2.75) is 52.0 Å². The molecule has 1 aromatic rings. The third-order valence-electron chi connectivity index (χ3n) is 2.81. The standard InChI is InChI=1S/C13H22BrN2/c1-3-5-6-7-8-9-10-16-12-11-15(4-2)13(16)14/h4,11-12H,2-3,5-10H2,1H3/q+1. The normalized spacial score (nSPS) is 10.6. The van der Waals surface area contributed by atoms with E-state index in [2.05, 4.69) is 40.2 Å². The maximum absolute atomic E-state index is 3.75. The van der Waals surface area contributed by atoms with Crippen LogP contribution in [0.5, 0.6) is 0 Å². The molecule has 1 rings (SSSR count). The van der Waals surface area contributed by atoms with Gasteiger partial charge in [0.1, 0.15) is 12.4 Å². The number of imidazole rings is 1. The molecule has 0 N–H and O–H groups in total. The SMILES string of the molecule is C=Cn1cc[n+](CCCCCCCC)c1Br. The molecule has 1 aromatic heterocycles. The second-order valence-electron chi connectivity index (χ2n) is 4.12. The van der Waals surface area contributed by atoms with Gasteiger partial charge in [-0.25, -0.2) is 4.57 Å². The molecular formula is C13H22BrN2+.